The summed E-state index contributed by atoms with van der Waals surface area (Å²) in [6.07, 6.45) is 5.99. The van der Waals surface area contributed by atoms with Gasteiger partial charge in [-0.3, -0.25) is 4.99 Å². The van der Waals surface area contributed by atoms with Gasteiger partial charge in [0.1, 0.15) is 0 Å². The molecular weight excluding hydrogens is 346 g/mol. The van der Waals surface area contributed by atoms with E-state index in [1.54, 1.807) is 0 Å². The first kappa shape index (κ1) is 19.5. The normalized spacial score (nSPS) is 20.0. The lowest BCUT2D eigenvalue weighted by Gasteiger charge is -2.27. The van der Waals surface area contributed by atoms with E-state index < -0.39 is 0 Å². The Bertz CT molecular complexity index is 609. The Morgan fingerprint density at radius 2 is 2.12 bits per heavy atom. The molecule has 0 amide bonds. The van der Waals surface area contributed by atoms with Crippen LogP contribution in [0.1, 0.15) is 44.6 Å². The molecule has 1 aromatic carbocycles. The fraction of sp³-hybridized carbons (Fsp3) is 0.667. The average molecular weight is 378 g/mol. The maximum atomic E-state index is 6.19. The van der Waals surface area contributed by atoms with Gasteiger partial charge >= 0.3 is 0 Å². The summed E-state index contributed by atoms with van der Waals surface area (Å²) in [7, 11) is 2.15. The van der Waals surface area contributed by atoms with Gasteiger partial charge in [0.15, 0.2) is 5.96 Å². The van der Waals surface area contributed by atoms with Crippen LogP contribution in [0.25, 0.3) is 0 Å². The Kier molecular flexibility index (Phi) is 6.82. The number of ether oxygens (including phenoxy) is 1. The zero-order valence-electron chi connectivity index (χ0n) is 16.1. The van der Waals surface area contributed by atoms with Crippen molar-refractivity contribution < 1.29 is 4.74 Å². The summed E-state index contributed by atoms with van der Waals surface area (Å²) >= 11 is 6.19. The van der Waals surface area contributed by atoms with Crippen LogP contribution >= 0.6 is 11.6 Å². The van der Waals surface area contributed by atoms with Crippen molar-refractivity contribution in [3.8, 4) is 0 Å². The van der Waals surface area contributed by atoms with Gasteiger partial charge in [-0.25, -0.2) is 0 Å². The van der Waals surface area contributed by atoms with E-state index in [0.717, 1.165) is 49.7 Å². The Labute approximate surface area is 163 Å². The van der Waals surface area contributed by atoms with Gasteiger partial charge in [0, 0.05) is 43.8 Å². The van der Waals surface area contributed by atoms with Crippen LogP contribution < -0.4 is 5.32 Å². The van der Waals surface area contributed by atoms with Gasteiger partial charge in [-0.15, -0.1) is 0 Å². The molecule has 0 atom stereocenters. The van der Waals surface area contributed by atoms with Gasteiger partial charge in [-0.05, 0) is 62.6 Å². The second kappa shape index (κ2) is 9.09. The molecule has 0 bridgehead atoms. The van der Waals surface area contributed by atoms with Crippen molar-refractivity contribution in [1.29, 1.82) is 0 Å². The highest BCUT2D eigenvalue weighted by molar-refractivity contribution is 6.30. The monoisotopic (exact) mass is 377 g/mol. The molecule has 1 heterocycles. The van der Waals surface area contributed by atoms with E-state index in [9.17, 15) is 0 Å². The number of hydrogen-bond donors (Lipinski definition) is 1. The topological polar surface area (TPSA) is 36.9 Å². The number of nitrogens with one attached hydrogen (secondary N) is 1. The molecule has 144 valence electrons. The number of nitrogens with zero attached hydrogens (tertiary/aromatic N) is 2. The van der Waals surface area contributed by atoms with Crippen molar-refractivity contribution in [1.82, 2.24) is 10.2 Å². The van der Waals surface area contributed by atoms with Crippen LogP contribution in [0.3, 0.4) is 0 Å². The molecule has 3 rings (SSSR count). The molecule has 1 aromatic rings. The second-order valence-electron chi connectivity index (χ2n) is 7.73. The van der Waals surface area contributed by atoms with E-state index in [2.05, 4.69) is 36.3 Å². The summed E-state index contributed by atoms with van der Waals surface area (Å²) < 4.78 is 5.47. The molecule has 2 fully saturated rings. The number of benzene rings is 1. The van der Waals surface area contributed by atoms with Gasteiger partial charge in [-0.1, -0.05) is 23.7 Å². The van der Waals surface area contributed by atoms with E-state index in [1.807, 2.05) is 12.1 Å². The number of hydrogen-bond acceptors (Lipinski definition) is 2. The predicted molar refractivity (Wildman–Crippen MR) is 109 cm³/mol. The van der Waals surface area contributed by atoms with E-state index >= 15 is 0 Å². The first-order valence-electron chi connectivity index (χ1n) is 9.96. The number of rotatable bonds is 7. The van der Waals surface area contributed by atoms with Crippen LogP contribution in [0, 0.1) is 5.92 Å². The van der Waals surface area contributed by atoms with Crippen LogP contribution in [0.4, 0.5) is 0 Å². The Morgan fingerprint density at radius 1 is 1.35 bits per heavy atom. The minimum atomic E-state index is 0.188. The summed E-state index contributed by atoms with van der Waals surface area (Å²) in [5, 5.41) is 4.28. The molecule has 1 N–H and O–H groups in total. The molecule has 0 spiro atoms. The molecule has 4 nitrogen and oxygen atoms in total. The van der Waals surface area contributed by atoms with Crippen molar-refractivity contribution in [2.75, 3.05) is 39.9 Å². The summed E-state index contributed by atoms with van der Waals surface area (Å²) in [6, 6.07) is 8.28. The number of halogens is 1. The van der Waals surface area contributed by atoms with Crippen LogP contribution in [-0.2, 0) is 10.2 Å². The molecular formula is C21H32ClN3O. The third kappa shape index (κ3) is 5.14. The van der Waals surface area contributed by atoms with Crippen molar-refractivity contribution in [2.24, 2.45) is 10.9 Å². The average Bonchev–Trinajstić information content (AvgIpc) is 3.45. The highest BCUT2D eigenvalue weighted by Gasteiger charge is 2.44. The van der Waals surface area contributed by atoms with Crippen LogP contribution in [0.15, 0.2) is 29.3 Å². The molecule has 1 aliphatic carbocycles. The van der Waals surface area contributed by atoms with Gasteiger partial charge in [0.05, 0.1) is 6.54 Å². The first-order chi connectivity index (χ1) is 12.6. The highest BCUT2D eigenvalue weighted by Crippen LogP contribution is 2.48. The molecule has 1 aliphatic heterocycles. The summed E-state index contributed by atoms with van der Waals surface area (Å²) in [6.45, 7) is 6.74. The van der Waals surface area contributed by atoms with Crippen LogP contribution in [0.5, 0.6) is 0 Å². The zero-order chi connectivity index (χ0) is 18.4. The fourth-order valence-electron chi connectivity index (χ4n) is 3.72. The summed E-state index contributed by atoms with van der Waals surface area (Å²) in [4.78, 5) is 7.27. The lowest BCUT2D eigenvalue weighted by molar-refractivity contribution is 0.0625. The lowest BCUT2D eigenvalue weighted by atomic mass is 9.96. The molecule has 2 aliphatic rings. The van der Waals surface area contributed by atoms with Gasteiger partial charge in [0.25, 0.3) is 0 Å². The van der Waals surface area contributed by atoms with Gasteiger partial charge in [-0.2, -0.15) is 0 Å². The van der Waals surface area contributed by atoms with Crippen molar-refractivity contribution in [3.05, 3.63) is 34.9 Å². The summed E-state index contributed by atoms with van der Waals surface area (Å²) in [5.41, 5.74) is 1.52. The SMILES string of the molecule is CCNC(=NCC1(c2cccc(Cl)c2)CC1)N(C)CCC1CCOCC1. The third-order valence-corrected chi connectivity index (χ3v) is 5.97. The predicted octanol–water partition coefficient (Wildman–Crippen LogP) is 4.09. The third-order valence-electron chi connectivity index (χ3n) is 5.73. The molecule has 26 heavy (non-hydrogen) atoms. The van der Waals surface area contributed by atoms with E-state index in [4.69, 9.17) is 21.3 Å². The van der Waals surface area contributed by atoms with E-state index in [1.165, 1.54) is 37.7 Å². The standard InChI is InChI=1S/C21H32ClN3O/c1-3-23-20(25(2)12-7-17-8-13-26-14-9-17)24-16-21(10-11-21)18-5-4-6-19(22)15-18/h4-6,15,17H,3,7-14,16H2,1-2H3,(H,23,24). The smallest absolute Gasteiger partial charge is 0.193 e. The molecule has 0 radical (unpaired) electrons. The minimum absolute atomic E-state index is 0.188. The van der Waals surface area contributed by atoms with Crippen molar-refractivity contribution in [3.63, 3.8) is 0 Å². The van der Waals surface area contributed by atoms with Crippen molar-refractivity contribution >= 4 is 17.6 Å². The highest BCUT2D eigenvalue weighted by atomic mass is 35.5. The molecule has 1 saturated carbocycles. The van der Waals surface area contributed by atoms with Crippen LogP contribution in [-0.4, -0.2) is 50.8 Å². The van der Waals surface area contributed by atoms with Crippen LogP contribution in [0.2, 0.25) is 5.02 Å². The Morgan fingerprint density at radius 3 is 2.77 bits per heavy atom. The largest absolute Gasteiger partial charge is 0.381 e. The zero-order valence-corrected chi connectivity index (χ0v) is 16.9. The summed E-state index contributed by atoms with van der Waals surface area (Å²) in [5.74, 6) is 1.81. The van der Waals surface area contributed by atoms with E-state index in [-0.39, 0.29) is 5.41 Å². The lowest BCUT2D eigenvalue weighted by Crippen LogP contribution is -2.40. The number of aliphatic imine (C=N–C) groups is 1. The molecule has 1 saturated heterocycles. The molecule has 0 unspecified atom stereocenters. The number of guanidine groups is 1. The quantitative estimate of drug-likeness (QED) is 0.574. The Hall–Kier alpha value is -1.26. The van der Waals surface area contributed by atoms with Gasteiger partial charge < -0.3 is 15.0 Å². The van der Waals surface area contributed by atoms with Gasteiger partial charge in [0.2, 0.25) is 0 Å². The molecule has 0 aromatic heterocycles. The first-order valence-corrected chi connectivity index (χ1v) is 10.3. The Balaban J connectivity index is 1.59. The molecule has 5 heteroatoms. The minimum Gasteiger partial charge on any atom is -0.381 e. The second-order valence-corrected chi connectivity index (χ2v) is 8.16. The van der Waals surface area contributed by atoms with E-state index in [0.29, 0.717) is 0 Å². The maximum absolute atomic E-state index is 6.19. The maximum Gasteiger partial charge on any atom is 0.193 e. The fourth-order valence-corrected chi connectivity index (χ4v) is 3.91. The van der Waals surface area contributed by atoms with Crippen molar-refractivity contribution in [2.45, 2.75) is 44.4 Å².